The number of imidazole rings is 1. The Hall–Kier alpha value is -3.37. The van der Waals surface area contributed by atoms with Crippen molar-refractivity contribution in [2.75, 3.05) is 65.2 Å². The number of H-pyrrole nitrogens is 1. The van der Waals surface area contributed by atoms with Crippen molar-refractivity contribution in [2.24, 2.45) is 0 Å². The molecule has 0 amide bonds. The van der Waals surface area contributed by atoms with Crippen molar-refractivity contribution in [1.82, 2.24) is 19.5 Å². The summed E-state index contributed by atoms with van der Waals surface area (Å²) in [5, 5.41) is 248. The second-order valence-electron chi connectivity index (χ2n) is 23.3. The topological polar surface area (TPSA) is 693 Å². The molecule has 0 saturated carbocycles. The van der Waals surface area contributed by atoms with Crippen molar-refractivity contribution in [1.29, 1.82) is 0 Å². The van der Waals surface area contributed by atoms with E-state index in [0.29, 0.717) is 0 Å². The number of fused-ring (bicyclic) bond motifs is 1. The summed E-state index contributed by atoms with van der Waals surface area (Å²) in [4.78, 5) is 21.6. The Kier molecular flexibility index (Phi) is 26.3. The highest BCUT2D eigenvalue weighted by Gasteiger charge is 2.59. The molecular formula is C51H83N5O39. The van der Waals surface area contributed by atoms with Gasteiger partial charge in [0.25, 0.3) is 5.56 Å². The van der Waals surface area contributed by atoms with Crippen LogP contribution in [0, 0.1) is 0 Å². The molecule has 44 nitrogen and oxygen atoms in total. The monoisotopic (exact) mass is 1390 g/mol. The summed E-state index contributed by atoms with van der Waals surface area (Å²) in [7, 11) is 0. The number of anilines is 1. The van der Waals surface area contributed by atoms with Crippen LogP contribution in [0.1, 0.15) is 0 Å². The highest BCUT2D eigenvalue weighted by molar-refractivity contribution is 5.70. The van der Waals surface area contributed by atoms with Crippen LogP contribution in [0.4, 0.5) is 5.95 Å². The summed E-state index contributed by atoms with van der Waals surface area (Å²) in [5.41, 5.74) is 5.43. The summed E-state index contributed by atoms with van der Waals surface area (Å²) < 4.78 is 86.1. The molecule has 21 saturated heterocycles. The number of nitrogens with two attached hydrogens (primary N) is 1. The molecule has 0 spiro atoms. The van der Waals surface area contributed by atoms with E-state index in [1.807, 2.05) is 0 Å². The SMILES string of the molecule is Nc1nc2c(ncn2COC(CO)CO)c(=O)[nH]1.OC[C@H]1O[C@@H]2O[C@H]3[C@H](O)[C@@H](O)[C@@H](O[C@H]4[C@H](O)[C@@H](O)[C@@H](O[C@H]5[C@H](O)[C@@H](O)[C@@H](O[C@H]6[C@H](O)[C@@H](O)[C@@H](O[C@H]7[C@@H](O)[C@H](O)[C@@H](O[C@H]8[C@@H](O)[C@H](O)[C@@H](O[C@H]1[C@H](O)[C@H]2O)O[C@@H]8CO)O[C@@H]7CO)O[C@@H]6CO)O[C@@H]5CO)O[C@@H]4CO)O[C@@H]3CO. The highest BCUT2D eigenvalue weighted by Crippen LogP contribution is 2.39. The molecule has 0 aromatic carbocycles. The number of aliphatic hydroxyl groups is 23. The van der Waals surface area contributed by atoms with E-state index < -0.39 is 273 Å². The predicted octanol–water partition coefficient (Wildman–Crippen LogP) is -17.2. The molecule has 2 aromatic rings. The fourth-order valence-corrected chi connectivity index (χ4v) is 11.8. The van der Waals surface area contributed by atoms with Gasteiger partial charge >= 0.3 is 0 Å². The molecular weight excluding hydrogens is 1310 g/mol. The number of nitrogens with one attached hydrogen (secondary N) is 1. The lowest BCUT2D eigenvalue weighted by atomic mass is 9.95. The molecule has 35 atom stereocenters. The van der Waals surface area contributed by atoms with Crippen LogP contribution in [-0.2, 0) is 77.8 Å². The predicted molar refractivity (Wildman–Crippen MR) is 290 cm³/mol. The van der Waals surface area contributed by atoms with E-state index in [2.05, 4.69) is 15.0 Å². The fraction of sp³-hybridized carbons (Fsp3) is 0.902. The van der Waals surface area contributed by atoms with Crippen molar-refractivity contribution in [2.45, 2.75) is 228 Å². The first-order chi connectivity index (χ1) is 45.3. The number of ether oxygens (including phenoxy) is 15. The van der Waals surface area contributed by atoms with E-state index in [4.69, 9.17) is 87.0 Å². The third-order valence-electron chi connectivity index (χ3n) is 17.1. The molecule has 0 unspecified atom stereocenters. The molecule has 44 heteroatoms. The Labute approximate surface area is 533 Å². The van der Waals surface area contributed by atoms with Gasteiger partial charge in [0.2, 0.25) is 5.95 Å². The third kappa shape index (κ3) is 15.7. The minimum atomic E-state index is -2.21. The Morgan fingerprint density at radius 3 is 0.800 bits per heavy atom. The lowest BCUT2D eigenvalue weighted by molar-refractivity contribution is -0.396. The average Bonchev–Trinajstić information content (AvgIpc) is 1.42. The number of aliphatic hydroxyl groups excluding tert-OH is 23. The fourth-order valence-electron chi connectivity index (χ4n) is 11.8. The zero-order valence-electron chi connectivity index (χ0n) is 49.7. The maximum absolute atomic E-state index is 11.5. The van der Waals surface area contributed by atoms with Crippen molar-refractivity contribution in [3.63, 3.8) is 0 Å². The molecule has 21 fully saturated rings. The molecule has 21 aliphatic heterocycles. The minimum absolute atomic E-state index is 0.00181. The minimum Gasteiger partial charge on any atom is -0.394 e. The lowest BCUT2D eigenvalue weighted by Gasteiger charge is -2.50. The molecule has 23 heterocycles. The van der Waals surface area contributed by atoms with E-state index in [9.17, 15) is 112 Å². The van der Waals surface area contributed by atoms with Gasteiger partial charge in [-0.05, 0) is 0 Å². The van der Waals surface area contributed by atoms with Crippen LogP contribution in [0.25, 0.3) is 11.2 Å². The van der Waals surface area contributed by atoms with Gasteiger partial charge in [0, 0.05) is 0 Å². The maximum atomic E-state index is 11.5. The normalized spacial score (nSPS) is 47.1. The smallest absolute Gasteiger partial charge is 0.280 e. The average molecular weight is 1390 g/mol. The number of aromatic nitrogens is 4. The molecule has 0 aliphatic carbocycles. The van der Waals surface area contributed by atoms with Crippen LogP contribution in [0.5, 0.6) is 0 Å². The van der Waals surface area contributed by atoms with Crippen molar-refractivity contribution < 1.29 is 189 Å². The lowest BCUT2D eigenvalue weighted by Crippen LogP contribution is -2.68. The standard InChI is InChI=1S/C42H70O35.C9H13N5O4/c43-1-8-29-15(50)22(57)36(64-8)72-30-9(2-44)66-38(24(59)17(30)52)74-32-11(4-46)68-40(26(61)19(32)54)76-34-13(6-48)70-42(28(63)21(34)56)77-35-14(7-49)69-41(27(62)20(35)55)75-33-12(5-47)67-39(25(60)18(33)53)73-31-10(3-45)65-37(71-29)23(58)16(31)51;10-9-12-7-6(8(17)13-9)11-3-14(7)4-18-5(1-15)2-16/h8-63H,1-7H2;3,5,15-16H,1-2,4H2,(H3,10,12,13,17)/t8-,9-,10-,11-,12-,13-,14-,15-,16-,17-,18-,19-,20+,21+,22-,23-,24-,25-,26-,27+,28+,29-,30-,31-,32-,33-,34-,35-,36-,37-,38-,39-,40-,41-,42-;/m1./s1. The van der Waals surface area contributed by atoms with Crippen LogP contribution < -0.4 is 11.3 Å². The molecule has 23 rings (SSSR count). The molecule has 21 aliphatic rings. The summed E-state index contributed by atoms with van der Waals surface area (Å²) in [6.07, 6.45) is -69.6. The Bertz CT molecular complexity index is 2380. The number of aromatic amines is 1. The van der Waals surface area contributed by atoms with Gasteiger partial charge in [-0.25, -0.2) is 4.98 Å². The van der Waals surface area contributed by atoms with Crippen LogP contribution in [0.15, 0.2) is 11.1 Å². The van der Waals surface area contributed by atoms with Gasteiger partial charge in [0.05, 0.1) is 65.8 Å². The van der Waals surface area contributed by atoms with Crippen LogP contribution in [0.3, 0.4) is 0 Å². The number of hydrogen-bond donors (Lipinski definition) is 25. The van der Waals surface area contributed by atoms with E-state index in [1.165, 1.54) is 10.9 Å². The molecule has 546 valence electrons. The summed E-state index contributed by atoms with van der Waals surface area (Å²) in [6.45, 7) is -7.94. The quantitative estimate of drug-likeness (QED) is 0.0938. The second kappa shape index (κ2) is 33.0. The third-order valence-corrected chi connectivity index (χ3v) is 17.1. The first-order valence-corrected chi connectivity index (χ1v) is 29.8. The molecule has 2 aromatic heterocycles. The summed E-state index contributed by atoms with van der Waals surface area (Å²) in [5.74, 6) is -0.0184. The van der Waals surface area contributed by atoms with Gasteiger partial charge in [-0.15, -0.1) is 0 Å². The largest absolute Gasteiger partial charge is 0.394 e. The van der Waals surface area contributed by atoms with Crippen molar-refractivity contribution in [3.8, 4) is 0 Å². The zero-order chi connectivity index (χ0) is 69.2. The van der Waals surface area contributed by atoms with Gasteiger partial charge in [0.15, 0.2) is 55.2 Å². The van der Waals surface area contributed by atoms with E-state index >= 15 is 0 Å². The van der Waals surface area contributed by atoms with Crippen LogP contribution in [0.2, 0.25) is 0 Å². The second-order valence-corrected chi connectivity index (χ2v) is 23.3. The van der Waals surface area contributed by atoms with E-state index in [0.717, 1.165) is 0 Å². The van der Waals surface area contributed by atoms with Crippen LogP contribution in [-0.4, -0.2) is 417 Å². The Balaban J connectivity index is 0.000000506. The number of hydrogen-bond acceptors (Lipinski definition) is 42. The molecule has 14 bridgehead atoms. The molecule has 0 radical (unpaired) electrons. The first kappa shape index (κ1) is 75.8. The zero-order valence-corrected chi connectivity index (χ0v) is 49.7. The highest BCUT2D eigenvalue weighted by atomic mass is 16.8. The van der Waals surface area contributed by atoms with Gasteiger partial charge in [-0.2, -0.15) is 4.98 Å². The Morgan fingerprint density at radius 1 is 0.379 bits per heavy atom. The number of rotatable bonds is 12. The summed E-state index contributed by atoms with van der Waals surface area (Å²) >= 11 is 0. The van der Waals surface area contributed by atoms with E-state index in [1.54, 1.807) is 0 Å². The first-order valence-electron chi connectivity index (χ1n) is 29.8. The maximum Gasteiger partial charge on any atom is 0.280 e. The van der Waals surface area contributed by atoms with Crippen LogP contribution >= 0.6 is 0 Å². The van der Waals surface area contributed by atoms with Crippen molar-refractivity contribution >= 4 is 17.1 Å². The summed E-state index contributed by atoms with van der Waals surface area (Å²) in [6, 6.07) is 0. The Morgan fingerprint density at radius 2 is 0.600 bits per heavy atom. The molecule has 26 N–H and O–H groups in total. The van der Waals surface area contributed by atoms with Gasteiger partial charge < -0.3 is 194 Å². The van der Waals surface area contributed by atoms with Gasteiger partial charge in [-0.3, -0.25) is 14.3 Å². The number of nitrogens with zero attached hydrogens (tertiary/aromatic N) is 3. The number of nitrogen functional groups attached to an aromatic ring is 1. The van der Waals surface area contributed by atoms with Gasteiger partial charge in [-0.1, -0.05) is 0 Å². The molecule has 95 heavy (non-hydrogen) atoms. The van der Waals surface area contributed by atoms with E-state index in [-0.39, 0.29) is 37.1 Å². The van der Waals surface area contributed by atoms with Gasteiger partial charge in [0.1, 0.15) is 184 Å². The van der Waals surface area contributed by atoms with Crippen molar-refractivity contribution in [3.05, 3.63) is 16.7 Å².